The zero-order chi connectivity index (χ0) is 17.8. The molecule has 0 aromatic carbocycles. The molecule has 1 aliphatic carbocycles. The minimum absolute atomic E-state index is 0.153. The number of rotatable bonds is 7. The molecule has 2 amide bonds. The molecule has 2 N–H and O–H groups in total. The summed E-state index contributed by atoms with van der Waals surface area (Å²) in [6, 6.07) is -0.532. The van der Waals surface area contributed by atoms with Crippen molar-refractivity contribution in [3.05, 3.63) is 16.8 Å². The highest BCUT2D eigenvalue weighted by Crippen LogP contribution is 2.39. The van der Waals surface area contributed by atoms with Gasteiger partial charge in [-0.05, 0) is 38.2 Å². The van der Waals surface area contributed by atoms with E-state index < -0.39 is 6.04 Å². The summed E-state index contributed by atoms with van der Waals surface area (Å²) in [4.78, 5) is 35.2. The van der Waals surface area contributed by atoms with Crippen LogP contribution in [-0.4, -0.2) is 40.1 Å². The Bertz CT molecular complexity index is 790. The van der Waals surface area contributed by atoms with Gasteiger partial charge < -0.3 is 10.6 Å². The van der Waals surface area contributed by atoms with Crippen molar-refractivity contribution in [3.63, 3.8) is 0 Å². The molecule has 1 atom stereocenters. The predicted molar refractivity (Wildman–Crippen MR) is 101 cm³/mol. The van der Waals surface area contributed by atoms with Crippen LogP contribution in [0.1, 0.15) is 37.1 Å². The van der Waals surface area contributed by atoms with E-state index in [1.807, 2.05) is 6.92 Å². The van der Waals surface area contributed by atoms with Crippen LogP contribution in [-0.2, 0) is 22.4 Å². The molecular formula is C17H22N4O2S2. The lowest BCUT2D eigenvalue weighted by atomic mass is 10.2. The topological polar surface area (TPSA) is 84.0 Å². The Morgan fingerprint density at radius 1 is 1.36 bits per heavy atom. The fraction of sp³-hybridized carbons (Fsp3) is 0.529. The van der Waals surface area contributed by atoms with Crippen molar-refractivity contribution in [2.24, 2.45) is 0 Å². The fourth-order valence-electron chi connectivity index (χ4n) is 2.89. The van der Waals surface area contributed by atoms with E-state index in [9.17, 15) is 9.59 Å². The first-order valence-electron chi connectivity index (χ1n) is 8.55. The lowest BCUT2D eigenvalue weighted by molar-refractivity contribution is -0.127. The van der Waals surface area contributed by atoms with Gasteiger partial charge in [0.05, 0.1) is 5.75 Å². The van der Waals surface area contributed by atoms with E-state index in [1.165, 1.54) is 28.6 Å². The Morgan fingerprint density at radius 2 is 2.20 bits per heavy atom. The number of hydrogen-bond acceptors (Lipinski definition) is 6. The maximum Gasteiger partial charge on any atom is 0.242 e. The molecule has 2 aromatic rings. The van der Waals surface area contributed by atoms with Crippen molar-refractivity contribution in [2.45, 2.75) is 50.6 Å². The number of hydrogen-bond donors (Lipinski definition) is 2. The molecule has 8 heteroatoms. The minimum Gasteiger partial charge on any atom is -0.354 e. The number of amides is 2. The third kappa shape index (κ3) is 4.12. The molecule has 0 radical (unpaired) electrons. The van der Waals surface area contributed by atoms with Gasteiger partial charge in [0.2, 0.25) is 11.8 Å². The zero-order valence-corrected chi connectivity index (χ0v) is 16.1. The van der Waals surface area contributed by atoms with Crippen LogP contribution in [0.3, 0.4) is 0 Å². The Hall–Kier alpha value is -1.67. The zero-order valence-electron chi connectivity index (χ0n) is 14.4. The van der Waals surface area contributed by atoms with Crippen LogP contribution in [0.4, 0.5) is 0 Å². The second-order valence-corrected chi connectivity index (χ2v) is 8.13. The first kappa shape index (κ1) is 18.1. The summed E-state index contributed by atoms with van der Waals surface area (Å²) in [7, 11) is 0. The summed E-state index contributed by atoms with van der Waals surface area (Å²) in [6.45, 7) is 4.31. The minimum atomic E-state index is -0.532. The van der Waals surface area contributed by atoms with E-state index in [2.05, 4.69) is 20.6 Å². The second kappa shape index (κ2) is 8.14. The van der Waals surface area contributed by atoms with Crippen molar-refractivity contribution in [1.29, 1.82) is 0 Å². The van der Waals surface area contributed by atoms with Crippen molar-refractivity contribution >= 4 is 45.1 Å². The van der Waals surface area contributed by atoms with Gasteiger partial charge in [-0.15, -0.1) is 11.3 Å². The van der Waals surface area contributed by atoms with Gasteiger partial charge in [0.1, 0.15) is 22.2 Å². The standard InChI is InChI=1S/C17H22N4O2S2/c1-3-7-18-15(23)10(2)21-13(22)8-24-16-14-11-5-4-6-12(11)25-17(14)20-9-19-16/h9-10H,3-8H2,1-2H3,(H,18,23)(H,21,22)/t10-/m1/s1. The molecule has 0 fully saturated rings. The number of thiophene rings is 1. The van der Waals surface area contributed by atoms with E-state index in [-0.39, 0.29) is 17.6 Å². The lowest BCUT2D eigenvalue weighted by Crippen LogP contribution is -2.45. The third-order valence-electron chi connectivity index (χ3n) is 4.13. The molecule has 0 unspecified atom stereocenters. The number of aryl methyl sites for hydroxylation is 2. The van der Waals surface area contributed by atoms with Crippen LogP contribution >= 0.6 is 23.1 Å². The molecule has 134 valence electrons. The van der Waals surface area contributed by atoms with E-state index in [0.29, 0.717) is 6.54 Å². The van der Waals surface area contributed by atoms with Gasteiger partial charge in [0.25, 0.3) is 0 Å². The van der Waals surface area contributed by atoms with E-state index in [0.717, 1.165) is 34.5 Å². The van der Waals surface area contributed by atoms with Gasteiger partial charge in [-0.2, -0.15) is 0 Å². The van der Waals surface area contributed by atoms with Gasteiger partial charge >= 0.3 is 0 Å². The highest BCUT2D eigenvalue weighted by atomic mass is 32.2. The molecule has 2 heterocycles. The molecule has 0 saturated heterocycles. The fourth-order valence-corrected chi connectivity index (χ4v) is 5.02. The van der Waals surface area contributed by atoms with Gasteiger partial charge in [-0.25, -0.2) is 9.97 Å². The van der Waals surface area contributed by atoms with Gasteiger partial charge in [0.15, 0.2) is 0 Å². The number of carbonyl (C=O) groups is 2. The highest BCUT2D eigenvalue weighted by molar-refractivity contribution is 8.00. The molecule has 25 heavy (non-hydrogen) atoms. The number of aromatic nitrogens is 2. The average Bonchev–Trinajstić information content (AvgIpc) is 3.18. The molecular weight excluding hydrogens is 356 g/mol. The Balaban J connectivity index is 1.61. The van der Waals surface area contributed by atoms with Crippen molar-refractivity contribution < 1.29 is 9.59 Å². The van der Waals surface area contributed by atoms with Gasteiger partial charge in [-0.1, -0.05) is 18.7 Å². The van der Waals surface area contributed by atoms with Crippen LogP contribution in [0.5, 0.6) is 0 Å². The van der Waals surface area contributed by atoms with Crippen LogP contribution < -0.4 is 10.6 Å². The molecule has 0 bridgehead atoms. The SMILES string of the molecule is CCCNC(=O)[C@@H](C)NC(=O)CSc1ncnc2sc3c(c12)CCC3. The summed E-state index contributed by atoms with van der Waals surface area (Å²) >= 11 is 3.15. The largest absolute Gasteiger partial charge is 0.354 e. The van der Waals surface area contributed by atoms with Crippen LogP contribution in [0.2, 0.25) is 0 Å². The summed E-state index contributed by atoms with van der Waals surface area (Å²) in [5, 5.41) is 7.50. The molecule has 0 spiro atoms. The first-order valence-corrected chi connectivity index (χ1v) is 10.4. The smallest absolute Gasteiger partial charge is 0.242 e. The average molecular weight is 379 g/mol. The molecule has 0 aliphatic heterocycles. The lowest BCUT2D eigenvalue weighted by Gasteiger charge is -2.13. The van der Waals surface area contributed by atoms with E-state index in [4.69, 9.17) is 0 Å². The van der Waals surface area contributed by atoms with Crippen LogP contribution in [0.25, 0.3) is 10.2 Å². The number of fused-ring (bicyclic) bond motifs is 3. The molecule has 1 aliphatic rings. The van der Waals surface area contributed by atoms with Crippen molar-refractivity contribution in [3.8, 4) is 0 Å². The summed E-state index contributed by atoms with van der Waals surface area (Å²) in [5.41, 5.74) is 1.36. The maximum atomic E-state index is 12.2. The maximum absolute atomic E-state index is 12.2. The van der Waals surface area contributed by atoms with Gasteiger partial charge in [0, 0.05) is 16.8 Å². The van der Waals surface area contributed by atoms with Crippen LogP contribution in [0.15, 0.2) is 11.4 Å². The predicted octanol–water partition coefficient (Wildman–Crippen LogP) is 2.30. The number of nitrogens with zero attached hydrogens (tertiary/aromatic N) is 2. The van der Waals surface area contributed by atoms with E-state index in [1.54, 1.807) is 24.6 Å². The summed E-state index contributed by atoms with van der Waals surface area (Å²) < 4.78 is 0. The van der Waals surface area contributed by atoms with Gasteiger partial charge in [-0.3, -0.25) is 9.59 Å². The Labute approximate surface area is 155 Å². The number of carbonyl (C=O) groups excluding carboxylic acids is 2. The normalized spacial score (nSPS) is 14.3. The summed E-state index contributed by atoms with van der Waals surface area (Å²) in [5.74, 6) is -0.0784. The van der Waals surface area contributed by atoms with E-state index >= 15 is 0 Å². The monoisotopic (exact) mass is 378 g/mol. The Morgan fingerprint density at radius 3 is 3.00 bits per heavy atom. The van der Waals surface area contributed by atoms with Crippen molar-refractivity contribution in [1.82, 2.24) is 20.6 Å². The highest BCUT2D eigenvalue weighted by Gasteiger charge is 2.22. The Kier molecular flexibility index (Phi) is 5.90. The third-order valence-corrected chi connectivity index (χ3v) is 6.32. The molecule has 3 rings (SSSR count). The molecule has 2 aromatic heterocycles. The summed E-state index contributed by atoms with van der Waals surface area (Å²) in [6.07, 6.45) is 5.80. The van der Waals surface area contributed by atoms with Crippen molar-refractivity contribution in [2.75, 3.05) is 12.3 Å². The number of nitrogens with one attached hydrogen (secondary N) is 2. The first-order chi connectivity index (χ1) is 12.1. The number of thioether (sulfide) groups is 1. The van der Waals surface area contributed by atoms with Crippen LogP contribution in [0, 0.1) is 0 Å². The quantitative estimate of drug-likeness (QED) is 0.570. The second-order valence-electron chi connectivity index (χ2n) is 6.09. The molecule has 6 nitrogen and oxygen atoms in total. The molecule has 0 saturated carbocycles.